The van der Waals surface area contributed by atoms with Gasteiger partial charge in [0.05, 0.1) is 4.92 Å². The molecule has 5 nitrogen and oxygen atoms in total. The van der Waals surface area contributed by atoms with Gasteiger partial charge in [-0.05, 0) is 32.8 Å². The van der Waals surface area contributed by atoms with E-state index in [1.807, 2.05) is 0 Å². The van der Waals surface area contributed by atoms with Crippen LogP contribution in [0.2, 0.25) is 0 Å². The van der Waals surface area contributed by atoms with Crippen molar-refractivity contribution >= 4 is 11.4 Å². The van der Waals surface area contributed by atoms with E-state index in [2.05, 4.69) is 24.1 Å². The molecule has 1 fully saturated rings. The van der Waals surface area contributed by atoms with Crippen LogP contribution in [0.3, 0.4) is 0 Å². The molecule has 1 N–H and O–H groups in total. The number of hydrogen-bond donors (Lipinski definition) is 1. The monoisotopic (exact) mass is 281 g/mol. The summed E-state index contributed by atoms with van der Waals surface area (Å²) in [4.78, 5) is 12.3. The van der Waals surface area contributed by atoms with Crippen LogP contribution in [0.15, 0.2) is 18.2 Å². The molecule has 20 heavy (non-hydrogen) atoms. The van der Waals surface area contributed by atoms with Crippen LogP contribution in [0, 0.1) is 15.9 Å². The molecular formula is C14H20FN3O2. The van der Waals surface area contributed by atoms with Gasteiger partial charge in [0, 0.05) is 43.0 Å². The van der Waals surface area contributed by atoms with Gasteiger partial charge in [-0.2, -0.15) is 4.39 Å². The molecule has 1 aromatic carbocycles. The van der Waals surface area contributed by atoms with Crippen LogP contribution >= 0.6 is 0 Å². The largest absolute Gasteiger partial charge is 0.382 e. The Labute approximate surface area is 117 Å². The molecule has 1 aliphatic rings. The second-order valence-corrected chi connectivity index (χ2v) is 5.47. The normalized spacial score (nSPS) is 17.4. The Morgan fingerprint density at radius 1 is 1.40 bits per heavy atom. The number of nitro benzene ring substituents is 1. The minimum atomic E-state index is -0.792. The smallest absolute Gasteiger partial charge is 0.304 e. The number of anilines is 1. The molecule has 0 amide bonds. The van der Waals surface area contributed by atoms with Gasteiger partial charge in [-0.3, -0.25) is 10.1 Å². The number of nitro groups is 1. The third kappa shape index (κ3) is 3.45. The highest BCUT2D eigenvalue weighted by Crippen LogP contribution is 2.23. The maximum Gasteiger partial charge on any atom is 0.304 e. The lowest BCUT2D eigenvalue weighted by Crippen LogP contribution is -2.42. The first-order valence-electron chi connectivity index (χ1n) is 6.92. The molecule has 2 rings (SSSR count). The van der Waals surface area contributed by atoms with Gasteiger partial charge in [0.15, 0.2) is 0 Å². The zero-order chi connectivity index (χ0) is 14.7. The second-order valence-electron chi connectivity index (χ2n) is 5.47. The molecule has 1 saturated heterocycles. The van der Waals surface area contributed by atoms with Crippen molar-refractivity contribution in [3.8, 4) is 0 Å². The van der Waals surface area contributed by atoms with E-state index >= 15 is 0 Å². The van der Waals surface area contributed by atoms with Gasteiger partial charge in [-0.25, -0.2) is 0 Å². The summed E-state index contributed by atoms with van der Waals surface area (Å²) in [6, 6.07) is 4.82. The first-order chi connectivity index (χ1) is 9.47. The lowest BCUT2D eigenvalue weighted by atomic mass is 10.0. The molecule has 0 aliphatic carbocycles. The lowest BCUT2D eigenvalue weighted by Gasteiger charge is -2.35. The summed E-state index contributed by atoms with van der Waals surface area (Å²) in [6.07, 6.45) is 1.99. The molecule has 0 spiro atoms. The fourth-order valence-corrected chi connectivity index (χ4v) is 2.54. The van der Waals surface area contributed by atoms with Gasteiger partial charge in [0.25, 0.3) is 0 Å². The van der Waals surface area contributed by atoms with Gasteiger partial charge in [-0.1, -0.05) is 0 Å². The van der Waals surface area contributed by atoms with Crippen molar-refractivity contribution in [3.63, 3.8) is 0 Å². The maximum absolute atomic E-state index is 13.5. The van der Waals surface area contributed by atoms with E-state index < -0.39 is 16.4 Å². The number of likely N-dealkylation sites (tertiary alicyclic amines) is 1. The zero-order valence-electron chi connectivity index (χ0n) is 11.8. The SMILES string of the molecule is CC(C)N1CCC(Nc2ccc([N+](=O)[O-])c(F)c2)CC1. The van der Waals surface area contributed by atoms with Gasteiger partial charge >= 0.3 is 5.69 Å². The van der Waals surface area contributed by atoms with Crippen molar-refractivity contribution in [2.45, 2.75) is 38.8 Å². The van der Waals surface area contributed by atoms with Crippen LogP contribution in [-0.4, -0.2) is 35.0 Å². The van der Waals surface area contributed by atoms with Crippen LogP contribution < -0.4 is 5.32 Å². The summed E-state index contributed by atoms with van der Waals surface area (Å²) in [5, 5.41) is 13.8. The highest BCUT2D eigenvalue weighted by Gasteiger charge is 2.21. The quantitative estimate of drug-likeness (QED) is 0.681. The van der Waals surface area contributed by atoms with Gasteiger partial charge in [0.2, 0.25) is 5.82 Å². The molecule has 1 aromatic rings. The summed E-state index contributed by atoms with van der Waals surface area (Å²) in [5.74, 6) is -0.792. The van der Waals surface area contributed by atoms with Crippen molar-refractivity contribution in [2.75, 3.05) is 18.4 Å². The van der Waals surface area contributed by atoms with Crippen molar-refractivity contribution in [1.82, 2.24) is 4.90 Å². The van der Waals surface area contributed by atoms with Crippen LogP contribution in [0.4, 0.5) is 15.8 Å². The molecule has 0 aromatic heterocycles. The number of rotatable bonds is 4. The van der Waals surface area contributed by atoms with E-state index in [4.69, 9.17) is 0 Å². The highest BCUT2D eigenvalue weighted by molar-refractivity contribution is 5.50. The fraction of sp³-hybridized carbons (Fsp3) is 0.571. The number of benzene rings is 1. The Morgan fingerprint density at radius 2 is 2.05 bits per heavy atom. The minimum Gasteiger partial charge on any atom is -0.382 e. The highest BCUT2D eigenvalue weighted by atomic mass is 19.1. The predicted octanol–water partition coefficient (Wildman–Crippen LogP) is 3.02. The first kappa shape index (κ1) is 14.7. The molecule has 6 heteroatoms. The van der Waals surface area contributed by atoms with E-state index in [0.29, 0.717) is 17.8 Å². The van der Waals surface area contributed by atoms with Crippen molar-refractivity contribution in [2.24, 2.45) is 0 Å². The molecule has 0 atom stereocenters. The van der Waals surface area contributed by atoms with Gasteiger partial charge in [-0.15, -0.1) is 0 Å². The van der Waals surface area contributed by atoms with Gasteiger partial charge in [0.1, 0.15) is 0 Å². The third-order valence-electron chi connectivity index (χ3n) is 3.78. The molecule has 1 heterocycles. The Balaban J connectivity index is 1.95. The zero-order valence-corrected chi connectivity index (χ0v) is 11.8. The summed E-state index contributed by atoms with van der Waals surface area (Å²) in [7, 11) is 0. The van der Waals surface area contributed by atoms with Crippen molar-refractivity contribution < 1.29 is 9.31 Å². The second kappa shape index (κ2) is 6.17. The van der Waals surface area contributed by atoms with E-state index in [1.54, 1.807) is 6.07 Å². The standard InChI is InChI=1S/C14H20FN3O2/c1-10(2)17-7-5-11(6-8-17)16-12-3-4-14(18(19)20)13(15)9-12/h3-4,9-11,16H,5-8H2,1-2H3. The predicted molar refractivity (Wildman–Crippen MR) is 76.4 cm³/mol. The number of piperidine rings is 1. The maximum atomic E-state index is 13.5. The Morgan fingerprint density at radius 3 is 2.55 bits per heavy atom. The van der Waals surface area contributed by atoms with E-state index in [9.17, 15) is 14.5 Å². The molecular weight excluding hydrogens is 261 g/mol. The first-order valence-corrected chi connectivity index (χ1v) is 6.92. The molecule has 0 radical (unpaired) electrons. The minimum absolute atomic E-state index is 0.297. The molecule has 0 unspecified atom stereocenters. The van der Waals surface area contributed by atoms with E-state index in [0.717, 1.165) is 25.9 Å². The molecule has 1 aliphatic heterocycles. The average Bonchev–Trinajstić information content (AvgIpc) is 2.39. The number of hydrogen-bond acceptors (Lipinski definition) is 4. The molecule has 0 bridgehead atoms. The summed E-state index contributed by atoms with van der Waals surface area (Å²) < 4.78 is 13.5. The third-order valence-corrected chi connectivity index (χ3v) is 3.78. The average molecular weight is 281 g/mol. The number of nitrogens with one attached hydrogen (secondary N) is 1. The fourth-order valence-electron chi connectivity index (χ4n) is 2.54. The van der Waals surface area contributed by atoms with Crippen LogP contribution in [0.25, 0.3) is 0 Å². The summed E-state index contributed by atoms with van der Waals surface area (Å²) in [6.45, 7) is 6.40. The molecule has 0 saturated carbocycles. The summed E-state index contributed by atoms with van der Waals surface area (Å²) >= 11 is 0. The van der Waals surface area contributed by atoms with E-state index in [1.165, 1.54) is 12.1 Å². The van der Waals surface area contributed by atoms with E-state index in [-0.39, 0.29) is 0 Å². The van der Waals surface area contributed by atoms with Gasteiger partial charge < -0.3 is 10.2 Å². The number of halogens is 1. The van der Waals surface area contributed by atoms with Crippen molar-refractivity contribution in [1.29, 1.82) is 0 Å². The Kier molecular flexibility index (Phi) is 4.54. The number of nitrogens with zero attached hydrogens (tertiary/aromatic N) is 2. The summed E-state index contributed by atoms with van der Waals surface area (Å²) in [5.41, 5.74) is 0.126. The topological polar surface area (TPSA) is 58.4 Å². The van der Waals surface area contributed by atoms with Crippen LogP contribution in [-0.2, 0) is 0 Å². The van der Waals surface area contributed by atoms with Crippen LogP contribution in [0.5, 0.6) is 0 Å². The van der Waals surface area contributed by atoms with Crippen LogP contribution in [0.1, 0.15) is 26.7 Å². The Hall–Kier alpha value is -1.69. The Bertz CT molecular complexity index is 485. The lowest BCUT2D eigenvalue weighted by molar-refractivity contribution is -0.387. The van der Waals surface area contributed by atoms with Crippen molar-refractivity contribution in [3.05, 3.63) is 34.1 Å². The molecule has 110 valence electrons.